The van der Waals surface area contributed by atoms with Gasteiger partial charge in [0.1, 0.15) is 47.2 Å². The lowest BCUT2D eigenvalue weighted by Gasteiger charge is -2.14. The van der Waals surface area contributed by atoms with Gasteiger partial charge in [-0.05, 0) is 83.6 Å². The fraction of sp³-hybridized carbons (Fsp3) is 0.140. The van der Waals surface area contributed by atoms with Gasteiger partial charge in [-0.3, -0.25) is 4.57 Å². The molecule has 0 saturated carbocycles. The van der Waals surface area contributed by atoms with Gasteiger partial charge in [0.2, 0.25) is 17.7 Å². The summed E-state index contributed by atoms with van der Waals surface area (Å²) < 4.78 is 27.2. The third kappa shape index (κ3) is 7.34. The van der Waals surface area contributed by atoms with Crippen LogP contribution in [0.25, 0.3) is 27.8 Å². The summed E-state index contributed by atoms with van der Waals surface area (Å²) in [5, 5.41) is 2.00. The minimum absolute atomic E-state index is 0.253. The molecular weight excluding hydrogens is 665 g/mol. The number of hydrogen-bond acceptors (Lipinski definition) is 9. The van der Waals surface area contributed by atoms with Crippen molar-refractivity contribution >= 4 is 21.8 Å². The Balaban J connectivity index is 1.17. The minimum atomic E-state index is 0.253. The van der Waals surface area contributed by atoms with Crippen molar-refractivity contribution in [1.29, 1.82) is 0 Å². The standard InChI is InChI=1S/C43H36N6O4/c1-27(2)29-17-33(21-35(19-29)52-41-9-5-7-15-45-41)50-31-11-13-37-38-14-12-32(24-40(38)49(39(37)23-31)43-47-25-44-26-48-43)51-34-18-30(28(3)4)20-36(22-34)53-42-10-6-8-16-46-42/h5-28H,1-4H3. The normalized spacial score (nSPS) is 11.4. The molecule has 0 unspecified atom stereocenters. The number of rotatable bonds is 11. The highest BCUT2D eigenvalue weighted by Crippen LogP contribution is 2.39. The zero-order chi connectivity index (χ0) is 36.3. The maximum absolute atomic E-state index is 6.52. The quantitative estimate of drug-likeness (QED) is 0.130. The smallest absolute Gasteiger partial charge is 0.237 e. The van der Waals surface area contributed by atoms with Crippen LogP contribution in [0.4, 0.5) is 0 Å². The van der Waals surface area contributed by atoms with E-state index in [1.54, 1.807) is 12.4 Å². The summed E-state index contributed by atoms with van der Waals surface area (Å²) in [5.41, 5.74) is 3.88. The van der Waals surface area contributed by atoms with E-state index in [4.69, 9.17) is 18.9 Å². The Morgan fingerprint density at radius 1 is 0.453 bits per heavy atom. The summed E-state index contributed by atoms with van der Waals surface area (Å²) >= 11 is 0. The van der Waals surface area contributed by atoms with Crippen molar-refractivity contribution in [2.45, 2.75) is 39.5 Å². The zero-order valence-corrected chi connectivity index (χ0v) is 29.7. The fourth-order valence-corrected chi connectivity index (χ4v) is 6.09. The second kappa shape index (κ2) is 14.4. The maximum atomic E-state index is 6.52. The molecule has 53 heavy (non-hydrogen) atoms. The summed E-state index contributed by atoms with van der Waals surface area (Å²) in [6.45, 7) is 8.54. The van der Waals surface area contributed by atoms with Gasteiger partial charge < -0.3 is 18.9 Å². The molecule has 0 fully saturated rings. The lowest BCUT2D eigenvalue weighted by atomic mass is 10.0. The average Bonchev–Trinajstić information content (AvgIpc) is 3.48. The molecular formula is C43H36N6O4. The van der Waals surface area contributed by atoms with Crippen molar-refractivity contribution in [1.82, 2.24) is 29.5 Å². The third-order valence-corrected chi connectivity index (χ3v) is 8.72. The molecule has 8 aromatic rings. The van der Waals surface area contributed by atoms with Crippen LogP contribution in [0, 0.1) is 0 Å². The van der Waals surface area contributed by atoms with Crippen LogP contribution in [0.3, 0.4) is 0 Å². The van der Waals surface area contributed by atoms with Crippen LogP contribution in [0.15, 0.2) is 134 Å². The summed E-state index contributed by atoms with van der Waals surface area (Å²) in [6, 6.07) is 35.0. The molecule has 0 saturated heterocycles. The third-order valence-electron chi connectivity index (χ3n) is 8.72. The Labute approximate surface area is 306 Å². The van der Waals surface area contributed by atoms with Crippen LogP contribution in [0.1, 0.15) is 50.7 Å². The van der Waals surface area contributed by atoms with Crippen molar-refractivity contribution in [2.75, 3.05) is 0 Å². The highest BCUT2D eigenvalue weighted by molar-refractivity contribution is 6.09. The van der Waals surface area contributed by atoms with E-state index in [0.29, 0.717) is 52.2 Å². The average molecular weight is 701 g/mol. The summed E-state index contributed by atoms with van der Waals surface area (Å²) in [4.78, 5) is 21.8. The molecule has 4 aromatic carbocycles. The van der Waals surface area contributed by atoms with Crippen molar-refractivity contribution in [3.63, 3.8) is 0 Å². The molecule has 0 atom stereocenters. The lowest BCUT2D eigenvalue weighted by Crippen LogP contribution is -2.01. The first kappa shape index (κ1) is 33.3. The van der Waals surface area contributed by atoms with Gasteiger partial charge in [0.25, 0.3) is 0 Å². The second-order valence-electron chi connectivity index (χ2n) is 13.2. The molecule has 10 heteroatoms. The number of nitrogens with zero attached hydrogens (tertiary/aromatic N) is 6. The van der Waals surface area contributed by atoms with Crippen LogP contribution < -0.4 is 18.9 Å². The van der Waals surface area contributed by atoms with E-state index in [0.717, 1.165) is 32.9 Å². The molecule has 4 aromatic heterocycles. The number of fused-ring (bicyclic) bond motifs is 3. The highest BCUT2D eigenvalue weighted by Gasteiger charge is 2.18. The zero-order valence-electron chi connectivity index (χ0n) is 29.7. The number of benzene rings is 4. The van der Waals surface area contributed by atoms with Gasteiger partial charge in [-0.1, -0.05) is 39.8 Å². The Hall–Kier alpha value is -6.81. The molecule has 8 rings (SSSR count). The summed E-state index contributed by atoms with van der Waals surface area (Å²) in [7, 11) is 0. The van der Waals surface area contributed by atoms with Crippen LogP contribution >= 0.6 is 0 Å². The van der Waals surface area contributed by atoms with Gasteiger partial charge >= 0.3 is 0 Å². The van der Waals surface area contributed by atoms with E-state index in [2.05, 4.69) is 64.7 Å². The largest absolute Gasteiger partial charge is 0.457 e. The van der Waals surface area contributed by atoms with Gasteiger partial charge in [-0.25, -0.2) is 24.9 Å². The number of aromatic nitrogens is 6. The van der Waals surface area contributed by atoms with Crippen molar-refractivity contribution in [3.05, 3.63) is 145 Å². The predicted molar refractivity (Wildman–Crippen MR) is 204 cm³/mol. The Morgan fingerprint density at radius 2 is 0.906 bits per heavy atom. The molecule has 0 amide bonds. The molecule has 0 spiro atoms. The number of hydrogen-bond donors (Lipinski definition) is 0. The molecule has 0 aliphatic heterocycles. The van der Waals surface area contributed by atoms with E-state index in [1.165, 1.54) is 12.7 Å². The molecule has 0 bridgehead atoms. The summed E-state index contributed by atoms with van der Waals surface area (Å²) in [5.74, 6) is 5.86. The predicted octanol–water partition coefficient (Wildman–Crippen LogP) is 11.2. The van der Waals surface area contributed by atoms with Crippen LogP contribution in [-0.2, 0) is 0 Å². The number of ether oxygens (including phenoxy) is 4. The molecule has 262 valence electrons. The second-order valence-corrected chi connectivity index (χ2v) is 13.2. The molecule has 0 radical (unpaired) electrons. The molecule has 4 heterocycles. The monoisotopic (exact) mass is 700 g/mol. The van der Waals surface area contributed by atoms with Gasteiger partial charge in [-0.2, -0.15) is 0 Å². The van der Waals surface area contributed by atoms with Gasteiger partial charge in [-0.15, -0.1) is 0 Å². The van der Waals surface area contributed by atoms with Crippen molar-refractivity contribution in [2.24, 2.45) is 0 Å². The Kier molecular flexibility index (Phi) is 9.08. The molecule has 0 N–H and O–H groups in total. The minimum Gasteiger partial charge on any atom is -0.457 e. The van der Waals surface area contributed by atoms with Crippen LogP contribution in [0.2, 0.25) is 0 Å². The maximum Gasteiger partial charge on any atom is 0.237 e. The molecule has 0 aliphatic rings. The highest BCUT2D eigenvalue weighted by atomic mass is 16.5. The Bertz CT molecular complexity index is 2370. The van der Waals surface area contributed by atoms with Crippen LogP contribution in [0.5, 0.6) is 46.3 Å². The van der Waals surface area contributed by atoms with Gasteiger partial charge in [0.15, 0.2) is 0 Å². The van der Waals surface area contributed by atoms with E-state index < -0.39 is 0 Å². The SMILES string of the molecule is CC(C)c1cc(Oc2ccc3c4ccc(Oc5cc(Oc6ccccn6)cc(C(C)C)c5)cc4n(-c4ncncn4)c3c2)cc(Oc2ccccn2)c1. The fourth-order valence-electron chi connectivity index (χ4n) is 6.09. The lowest BCUT2D eigenvalue weighted by molar-refractivity contribution is 0.447. The molecule has 10 nitrogen and oxygen atoms in total. The van der Waals surface area contributed by atoms with E-state index in [-0.39, 0.29) is 11.8 Å². The Morgan fingerprint density at radius 3 is 1.32 bits per heavy atom. The van der Waals surface area contributed by atoms with E-state index >= 15 is 0 Å². The molecule has 0 aliphatic carbocycles. The van der Waals surface area contributed by atoms with Crippen molar-refractivity contribution < 1.29 is 18.9 Å². The van der Waals surface area contributed by atoms with Crippen LogP contribution in [-0.4, -0.2) is 29.5 Å². The van der Waals surface area contributed by atoms with E-state index in [9.17, 15) is 0 Å². The van der Waals surface area contributed by atoms with Gasteiger partial charge in [0, 0.05) is 59.6 Å². The van der Waals surface area contributed by atoms with Crippen molar-refractivity contribution in [3.8, 4) is 52.2 Å². The first-order chi connectivity index (χ1) is 25.9. The van der Waals surface area contributed by atoms with E-state index in [1.807, 2.05) is 102 Å². The summed E-state index contributed by atoms with van der Waals surface area (Å²) in [6.07, 6.45) is 6.38. The number of pyridine rings is 2. The topological polar surface area (TPSA) is 106 Å². The first-order valence-corrected chi connectivity index (χ1v) is 17.4. The first-order valence-electron chi connectivity index (χ1n) is 17.4. The van der Waals surface area contributed by atoms with Gasteiger partial charge in [0.05, 0.1) is 11.0 Å².